The van der Waals surface area contributed by atoms with Crippen molar-refractivity contribution in [2.45, 2.75) is 19.8 Å². The van der Waals surface area contributed by atoms with Crippen LogP contribution in [-0.2, 0) is 11.2 Å². The van der Waals surface area contributed by atoms with E-state index in [0.29, 0.717) is 18.7 Å². The molecule has 20 heavy (non-hydrogen) atoms. The lowest BCUT2D eigenvalue weighted by Gasteiger charge is -2.02. The molecular weight excluding hydrogens is 254 g/mol. The highest BCUT2D eigenvalue weighted by Crippen LogP contribution is 2.23. The second kappa shape index (κ2) is 6.91. The molecule has 0 unspecified atom stereocenters. The molecule has 0 spiro atoms. The first-order valence-electron chi connectivity index (χ1n) is 6.81. The molecule has 0 fully saturated rings. The van der Waals surface area contributed by atoms with Crippen molar-refractivity contribution < 1.29 is 13.9 Å². The largest absolute Gasteiger partial charge is 0.462 e. The zero-order valence-electron chi connectivity index (χ0n) is 11.6. The lowest BCUT2D eigenvalue weighted by molar-refractivity contribution is 0.0526. The third-order valence-electron chi connectivity index (χ3n) is 2.97. The van der Waals surface area contributed by atoms with Crippen LogP contribution in [0.3, 0.4) is 0 Å². The van der Waals surface area contributed by atoms with Gasteiger partial charge in [0.15, 0.2) is 0 Å². The van der Waals surface area contributed by atoms with Crippen LogP contribution in [-0.4, -0.2) is 19.1 Å². The molecule has 0 aliphatic carbocycles. The van der Waals surface area contributed by atoms with Crippen LogP contribution in [0.25, 0.3) is 11.3 Å². The standard InChI is InChI=1S/C16H19NO3/c1-2-19-16(18)13-7-5-12(6-8-13)15-10-9-14(20-15)4-3-11-17/h5-10H,2-4,11,17H2,1H3. The summed E-state index contributed by atoms with van der Waals surface area (Å²) in [7, 11) is 0. The highest BCUT2D eigenvalue weighted by Gasteiger charge is 2.08. The summed E-state index contributed by atoms with van der Waals surface area (Å²) < 4.78 is 10.7. The molecule has 2 N–H and O–H groups in total. The lowest BCUT2D eigenvalue weighted by Crippen LogP contribution is -2.03. The molecule has 1 aromatic heterocycles. The van der Waals surface area contributed by atoms with Crippen LogP contribution >= 0.6 is 0 Å². The van der Waals surface area contributed by atoms with Crippen LogP contribution in [0.2, 0.25) is 0 Å². The van der Waals surface area contributed by atoms with Crippen molar-refractivity contribution in [2.75, 3.05) is 13.2 Å². The number of hydrogen-bond acceptors (Lipinski definition) is 4. The number of aryl methyl sites for hydroxylation is 1. The summed E-state index contributed by atoms with van der Waals surface area (Å²) >= 11 is 0. The first kappa shape index (κ1) is 14.3. The summed E-state index contributed by atoms with van der Waals surface area (Å²) in [6.07, 6.45) is 1.76. The fourth-order valence-electron chi connectivity index (χ4n) is 1.93. The van der Waals surface area contributed by atoms with Crippen molar-refractivity contribution in [1.82, 2.24) is 0 Å². The van der Waals surface area contributed by atoms with E-state index < -0.39 is 0 Å². The molecule has 0 atom stereocenters. The Morgan fingerprint density at radius 1 is 1.20 bits per heavy atom. The van der Waals surface area contributed by atoms with Gasteiger partial charge in [0.1, 0.15) is 11.5 Å². The fraction of sp³-hybridized carbons (Fsp3) is 0.312. The molecule has 1 aromatic carbocycles. The minimum Gasteiger partial charge on any atom is -0.462 e. The van der Waals surface area contributed by atoms with Gasteiger partial charge in [-0.15, -0.1) is 0 Å². The Bertz CT molecular complexity index is 557. The molecule has 2 rings (SSSR count). The predicted octanol–water partition coefficient (Wildman–Crippen LogP) is 3.01. The second-order valence-corrected chi connectivity index (χ2v) is 4.46. The highest BCUT2D eigenvalue weighted by molar-refractivity contribution is 5.89. The van der Waals surface area contributed by atoms with Gasteiger partial charge in [-0.3, -0.25) is 0 Å². The molecule has 0 amide bonds. The van der Waals surface area contributed by atoms with E-state index in [9.17, 15) is 4.79 Å². The first-order valence-corrected chi connectivity index (χ1v) is 6.81. The quantitative estimate of drug-likeness (QED) is 0.822. The van der Waals surface area contributed by atoms with Gasteiger partial charge in [-0.05, 0) is 44.2 Å². The summed E-state index contributed by atoms with van der Waals surface area (Å²) in [5.74, 6) is 1.43. The van der Waals surface area contributed by atoms with Crippen LogP contribution in [0.4, 0.5) is 0 Å². The van der Waals surface area contributed by atoms with Gasteiger partial charge < -0.3 is 14.9 Å². The molecular formula is C16H19NO3. The first-order chi connectivity index (χ1) is 9.74. The van der Waals surface area contributed by atoms with Gasteiger partial charge in [0.05, 0.1) is 12.2 Å². The molecule has 0 bridgehead atoms. The molecule has 0 aliphatic heterocycles. The van der Waals surface area contributed by atoms with Crippen LogP contribution in [0.5, 0.6) is 0 Å². The Labute approximate surface area is 118 Å². The SMILES string of the molecule is CCOC(=O)c1ccc(-c2ccc(CCCN)o2)cc1. The maximum Gasteiger partial charge on any atom is 0.338 e. The third kappa shape index (κ3) is 3.48. The molecule has 4 nitrogen and oxygen atoms in total. The minimum atomic E-state index is -0.304. The Morgan fingerprint density at radius 3 is 2.60 bits per heavy atom. The number of hydrogen-bond donors (Lipinski definition) is 1. The zero-order valence-corrected chi connectivity index (χ0v) is 11.6. The van der Waals surface area contributed by atoms with Gasteiger partial charge in [-0.25, -0.2) is 4.79 Å². The number of nitrogens with two attached hydrogens (primary N) is 1. The number of carbonyl (C=O) groups excluding carboxylic acids is 1. The van der Waals surface area contributed by atoms with E-state index in [1.54, 1.807) is 19.1 Å². The fourth-order valence-corrected chi connectivity index (χ4v) is 1.93. The molecule has 0 aliphatic rings. The van der Waals surface area contributed by atoms with E-state index in [1.165, 1.54) is 0 Å². The van der Waals surface area contributed by atoms with Crippen LogP contribution < -0.4 is 5.73 Å². The number of ether oxygens (including phenoxy) is 1. The smallest absolute Gasteiger partial charge is 0.338 e. The van der Waals surface area contributed by atoms with Crippen LogP contribution in [0.1, 0.15) is 29.5 Å². The Balaban J connectivity index is 2.09. The average Bonchev–Trinajstić information content (AvgIpc) is 2.94. The maximum atomic E-state index is 11.6. The summed E-state index contributed by atoms with van der Waals surface area (Å²) in [5, 5.41) is 0. The van der Waals surface area contributed by atoms with Gasteiger partial charge in [-0.2, -0.15) is 0 Å². The Kier molecular flexibility index (Phi) is 4.96. The van der Waals surface area contributed by atoms with Gasteiger partial charge in [-0.1, -0.05) is 12.1 Å². The maximum absolute atomic E-state index is 11.6. The highest BCUT2D eigenvalue weighted by atomic mass is 16.5. The van der Waals surface area contributed by atoms with Gasteiger partial charge in [0.2, 0.25) is 0 Å². The second-order valence-electron chi connectivity index (χ2n) is 4.46. The number of esters is 1. The lowest BCUT2D eigenvalue weighted by atomic mass is 10.1. The van der Waals surface area contributed by atoms with Gasteiger partial charge >= 0.3 is 5.97 Å². The van der Waals surface area contributed by atoms with Gasteiger partial charge in [0, 0.05) is 12.0 Å². The minimum absolute atomic E-state index is 0.304. The van der Waals surface area contributed by atoms with Gasteiger partial charge in [0.25, 0.3) is 0 Å². The Hall–Kier alpha value is -2.07. The molecule has 2 aromatic rings. The number of carbonyl (C=O) groups is 1. The predicted molar refractivity (Wildman–Crippen MR) is 77.5 cm³/mol. The Morgan fingerprint density at radius 2 is 1.95 bits per heavy atom. The molecule has 106 valence electrons. The molecule has 0 saturated carbocycles. The average molecular weight is 273 g/mol. The summed E-state index contributed by atoms with van der Waals surface area (Å²) in [5.41, 5.74) is 6.97. The molecule has 0 radical (unpaired) electrons. The zero-order chi connectivity index (χ0) is 14.4. The van der Waals surface area contributed by atoms with E-state index in [1.807, 2.05) is 24.3 Å². The van der Waals surface area contributed by atoms with E-state index in [2.05, 4.69) is 0 Å². The molecule has 0 saturated heterocycles. The molecule has 4 heteroatoms. The van der Waals surface area contributed by atoms with Crippen molar-refractivity contribution >= 4 is 5.97 Å². The summed E-state index contributed by atoms with van der Waals surface area (Å²) in [6, 6.07) is 11.1. The number of furan rings is 1. The van der Waals surface area contributed by atoms with Crippen LogP contribution in [0.15, 0.2) is 40.8 Å². The number of rotatable bonds is 6. The van der Waals surface area contributed by atoms with Crippen molar-refractivity contribution in [3.05, 3.63) is 47.7 Å². The van der Waals surface area contributed by atoms with Crippen molar-refractivity contribution in [1.29, 1.82) is 0 Å². The monoisotopic (exact) mass is 273 g/mol. The topological polar surface area (TPSA) is 65.5 Å². The number of benzene rings is 1. The van der Waals surface area contributed by atoms with E-state index in [0.717, 1.165) is 29.9 Å². The van der Waals surface area contributed by atoms with E-state index in [4.69, 9.17) is 14.9 Å². The van der Waals surface area contributed by atoms with Crippen LogP contribution in [0, 0.1) is 0 Å². The van der Waals surface area contributed by atoms with E-state index in [-0.39, 0.29) is 5.97 Å². The molecule has 1 heterocycles. The van der Waals surface area contributed by atoms with Crippen molar-refractivity contribution in [3.8, 4) is 11.3 Å². The summed E-state index contributed by atoms with van der Waals surface area (Å²) in [4.78, 5) is 11.6. The third-order valence-corrected chi connectivity index (χ3v) is 2.97. The summed E-state index contributed by atoms with van der Waals surface area (Å²) in [6.45, 7) is 2.82. The van der Waals surface area contributed by atoms with E-state index >= 15 is 0 Å². The van der Waals surface area contributed by atoms with Crippen molar-refractivity contribution in [3.63, 3.8) is 0 Å². The van der Waals surface area contributed by atoms with Crippen molar-refractivity contribution in [2.24, 2.45) is 5.73 Å². The normalized spacial score (nSPS) is 10.5.